The monoisotopic (exact) mass is 446 g/mol. The Morgan fingerprint density at radius 1 is 1.16 bits per heavy atom. The molecule has 0 bridgehead atoms. The lowest BCUT2D eigenvalue weighted by atomic mass is 10.1. The summed E-state index contributed by atoms with van der Waals surface area (Å²) in [7, 11) is -3.33. The number of sulfone groups is 1. The average molecular weight is 447 g/mol. The Labute approximate surface area is 184 Å². The predicted octanol–water partition coefficient (Wildman–Crippen LogP) is 3.10. The van der Waals surface area contributed by atoms with Crippen molar-refractivity contribution in [2.75, 3.05) is 18.0 Å². The number of hydrogen-bond acceptors (Lipinski definition) is 9. The second-order valence-corrected chi connectivity index (χ2v) is 10.5. The fraction of sp³-hybridized carbons (Fsp3) is 0.429. The first kappa shape index (κ1) is 21.4. The van der Waals surface area contributed by atoms with E-state index in [0.29, 0.717) is 29.0 Å². The summed E-state index contributed by atoms with van der Waals surface area (Å²) in [4.78, 5) is 11.4. The van der Waals surface area contributed by atoms with E-state index in [4.69, 9.17) is 10.2 Å². The van der Waals surface area contributed by atoms with E-state index in [0.717, 1.165) is 31.5 Å². The topological polar surface area (TPSA) is 128 Å². The second kappa shape index (κ2) is 8.35. The van der Waals surface area contributed by atoms with Crippen molar-refractivity contribution >= 4 is 15.9 Å². The van der Waals surface area contributed by atoms with E-state index in [-0.39, 0.29) is 13.8 Å². The lowest BCUT2D eigenvalue weighted by Crippen LogP contribution is -2.39. The van der Waals surface area contributed by atoms with Crippen molar-refractivity contribution in [3.8, 4) is 22.8 Å². The van der Waals surface area contributed by atoms with Gasteiger partial charge in [0.05, 0.1) is 27.7 Å². The molecule has 0 saturated carbocycles. The Hall–Kier alpha value is -2.85. The van der Waals surface area contributed by atoms with Crippen LogP contribution in [0.5, 0.6) is 0 Å². The lowest BCUT2D eigenvalue weighted by molar-refractivity contribution is 0.460. The summed E-state index contributed by atoms with van der Waals surface area (Å²) < 4.78 is 30.6. The molecule has 3 heterocycles. The number of benzene rings is 1. The van der Waals surface area contributed by atoms with Gasteiger partial charge in [0.15, 0.2) is 9.84 Å². The summed E-state index contributed by atoms with van der Waals surface area (Å²) in [6.45, 7) is 6.71. The number of nitrogens with zero attached hydrogens (tertiary/aromatic N) is 5. The fourth-order valence-electron chi connectivity index (χ4n) is 3.41. The van der Waals surface area contributed by atoms with Gasteiger partial charge in [-0.3, -0.25) is 4.98 Å². The molecule has 0 spiro atoms. The summed E-state index contributed by atoms with van der Waals surface area (Å²) in [5, 5.41) is 7.86. The standard InChI is InChI=1S/C21H26N6O3S.2H2/c1-13(2)31(28,29)17-6-4-15(5-7-17)18-12-23-14(3)19(24-18)20-25-26-21(30-20)27-10-8-16(22)9-11-27;;/h4-7,12-13,16H,8-11,22H2,1-3H3;2*1H. The van der Waals surface area contributed by atoms with Gasteiger partial charge in [-0.1, -0.05) is 17.2 Å². The van der Waals surface area contributed by atoms with Crippen molar-refractivity contribution < 1.29 is 15.7 Å². The first-order valence-electron chi connectivity index (χ1n) is 10.3. The molecule has 168 valence electrons. The highest BCUT2D eigenvalue weighted by Gasteiger charge is 2.23. The zero-order chi connectivity index (χ0) is 22.2. The van der Waals surface area contributed by atoms with Gasteiger partial charge in [-0.05, 0) is 45.7 Å². The maximum absolute atomic E-state index is 12.3. The van der Waals surface area contributed by atoms with Crippen LogP contribution in [0.4, 0.5) is 6.01 Å². The van der Waals surface area contributed by atoms with Crippen LogP contribution in [0.25, 0.3) is 22.8 Å². The molecule has 1 aliphatic heterocycles. The third kappa shape index (κ3) is 4.31. The number of anilines is 1. The molecule has 4 rings (SSSR count). The maximum Gasteiger partial charge on any atom is 0.318 e. The van der Waals surface area contributed by atoms with Gasteiger partial charge >= 0.3 is 6.01 Å². The van der Waals surface area contributed by atoms with Crippen molar-refractivity contribution in [2.24, 2.45) is 5.73 Å². The first-order valence-corrected chi connectivity index (χ1v) is 11.8. The van der Waals surface area contributed by atoms with Gasteiger partial charge in [-0.15, -0.1) is 5.10 Å². The van der Waals surface area contributed by atoms with Crippen LogP contribution in [-0.2, 0) is 9.84 Å². The third-order valence-corrected chi connectivity index (χ3v) is 7.65. The summed E-state index contributed by atoms with van der Waals surface area (Å²) in [5.74, 6) is 0.302. The minimum atomic E-state index is -3.33. The molecule has 0 aliphatic carbocycles. The Balaban J connectivity index is 0.00000193. The van der Waals surface area contributed by atoms with Crippen molar-refractivity contribution in [3.05, 3.63) is 36.2 Å². The zero-order valence-electron chi connectivity index (χ0n) is 17.8. The molecule has 1 saturated heterocycles. The molecule has 0 unspecified atom stereocenters. The van der Waals surface area contributed by atoms with E-state index in [1.807, 2.05) is 11.8 Å². The minimum absolute atomic E-state index is 0. The van der Waals surface area contributed by atoms with E-state index in [9.17, 15) is 8.42 Å². The smallest absolute Gasteiger partial charge is 0.318 e. The van der Waals surface area contributed by atoms with Crippen LogP contribution in [0.15, 0.2) is 39.8 Å². The SMILES string of the molecule is Cc1ncc(-c2ccc(S(=O)(=O)C(C)C)cc2)nc1-c1nnc(N2CCC(N)CC2)o1.[HH].[HH]. The van der Waals surface area contributed by atoms with E-state index >= 15 is 0 Å². The molecule has 0 atom stereocenters. The molecular formula is C21H30N6O3S. The highest BCUT2D eigenvalue weighted by atomic mass is 32.2. The van der Waals surface area contributed by atoms with Crippen molar-refractivity contribution in [2.45, 2.75) is 49.8 Å². The van der Waals surface area contributed by atoms with Gasteiger partial charge in [-0.2, -0.15) is 0 Å². The van der Waals surface area contributed by atoms with Crippen LogP contribution in [-0.4, -0.2) is 53.0 Å². The van der Waals surface area contributed by atoms with Gasteiger partial charge in [0.1, 0.15) is 5.69 Å². The number of nitrogens with two attached hydrogens (primary N) is 1. The summed E-state index contributed by atoms with van der Waals surface area (Å²) in [6.07, 6.45) is 3.41. The van der Waals surface area contributed by atoms with Crippen LogP contribution < -0.4 is 10.6 Å². The highest BCUT2D eigenvalue weighted by molar-refractivity contribution is 7.92. The van der Waals surface area contributed by atoms with E-state index in [2.05, 4.69) is 20.2 Å². The zero-order valence-corrected chi connectivity index (χ0v) is 18.6. The van der Waals surface area contributed by atoms with Crippen LogP contribution in [0.1, 0.15) is 35.2 Å². The second-order valence-electron chi connectivity index (χ2n) is 8.02. The molecule has 1 fully saturated rings. The number of aryl methyl sites for hydroxylation is 1. The highest BCUT2D eigenvalue weighted by Crippen LogP contribution is 2.27. The first-order chi connectivity index (χ1) is 14.8. The molecule has 31 heavy (non-hydrogen) atoms. The molecule has 3 aromatic rings. The summed E-state index contributed by atoms with van der Waals surface area (Å²) in [5.41, 5.74) is 8.48. The van der Waals surface area contributed by atoms with Crippen LogP contribution in [0, 0.1) is 6.92 Å². The van der Waals surface area contributed by atoms with E-state index in [1.54, 1.807) is 44.3 Å². The molecule has 1 aliphatic rings. The maximum atomic E-state index is 12.3. The van der Waals surface area contributed by atoms with Crippen molar-refractivity contribution in [3.63, 3.8) is 0 Å². The quantitative estimate of drug-likeness (QED) is 0.628. The predicted molar refractivity (Wildman–Crippen MR) is 121 cm³/mol. The van der Waals surface area contributed by atoms with Gasteiger partial charge in [-0.25, -0.2) is 13.4 Å². The molecule has 10 heteroatoms. The third-order valence-electron chi connectivity index (χ3n) is 5.48. The Morgan fingerprint density at radius 2 is 1.84 bits per heavy atom. The lowest BCUT2D eigenvalue weighted by Gasteiger charge is -2.28. The van der Waals surface area contributed by atoms with E-state index in [1.165, 1.54) is 0 Å². The Bertz CT molecular complexity index is 1180. The fourth-order valence-corrected chi connectivity index (χ4v) is 4.47. The number of piperidine rings is 1. The molecule has 2 N–H and O–H groups in total. The van der Waals surface area contributed by atoms with Gasteiger partial charge < -0.3 is 15.1 Å². The molecule has 1 aromatic carbocycles. The van der Waals surface area contributed by atoms with Crippen molar-refractivity contribution in [1.29, 1.82) is 0 Å². The molecule has 2 aromatic heterocycles. The van der Waals surface area contributed by atoms with Crippen LogP contribution >= 0.6 is 0 Å². The number of aromatic nitrogens is 4. The minimum Gasteiger partial charge on any atom is -0.401 e. The molecule has 0 radical (unpaired) electrons. The van der Waals surface area contributed by atoms with Gasteiger partial charge in [0.25, 0.3) is 5.89 Å². The normalized spacial score (nSPS) is 15.6. The van der Waals surface area contributed by atoms with Crippen LogP contribution in [0.3, 0.4) is 0 Å². The Kier molecular flexibility index (Phi) is 5.76. The van der Waals surface area contributed by atoms with Gasteiger partial charge in [0.2, 0.25) is 0 Å². The Morgan fingerprint density at radius 3 is 2.48 bits per heavy atom. The molecule has 9 nitrogen and oxygen atoms in total. The molecule has 0 amide bonds. The largest absolute Gasteiger partial charge is 0.401 e. The number of rotatable bonds is 5. The van der Waals surface area contributed by atoms with Crippen LogP contribution in [0.2, 0.25) is 0 Å². The van der Waals surface area contributed by atoms with Gasteiger partial charge in [0, 0.05) is 27.5 Å². The summed E-state index contributed by atoms with van der Waals surface area (Å²) >= 11 is 0. The van der Waals surface area contributed by atoms with Crippen molar-refractivity contribution in [1.82, 2.24) is 20.2 Å². The van der Waals surface area contributed by atoms with E-state index < -0.39 is 15.1 Å². The average Bonchev–Trinajstić information content (AvgIpc) is 3.24. The molecular weight excluding hydrogens is 416 g/mol. The summed E-state index contributed by atoms with van der Waals surface area (Å²) in [6, 6.07) is 7.32. The number of hydrogen-bond donors (Lipinski definition) is 1.